The van der Waals surface area contributed by atoms with Crippen LogP contribution in [0.3, 0.4) is 0 Å². The molecule has 4 rings (SSSR count). The molecule has 0 unspecified atom stereocenters. The molecular weight excluding hydrogens is 653 g/mol. The van der Waals surface area contributed by atoms with E-state index in [4.69, 9.17) is 10.1 Å². The van der Waals surface area contributed by atoms with Crippen LogP contribution in [-0.4, -0.2) is 66.7 Å². The number of carbonyl (C=O) groups excluding carboxylic acids is 3. The van der Waals surface area contributed by atoms with E-state index < -0.39 is 23.3 Å². The minimum absolute atomic E-state index is 0. The number of ether oxygens (including phenoxy) is 2. The first-order chi connectivity index (χ1) is 20.1. The van der Waals surface area contributed by atoms with Gasteiger partial charge in [-0.15, -0.1) is 0 Å². The molecule has 3 aromatic rings. The molecule has 3 aromatic heterocycles. The van der Waals surface area contributed by atoms with E-state index in [0.717, 1.165) is 9.13 Å². The van der Waals surface area contributed by atoms with Crippen LogP contribution < -0.4 is 131 Å². The molecule has 20 heteroatoms. The van der Waals surface area contributed by atoms with Gasteiger partial charge in [0.25, 0.3) is 17.6 Å². The Hall–Kier alpha value is -1.86. The summed E-state index contributed by atoms with van der Waals surface area (Å²) >= 11 is 0. The fourth-order valence-corrected chi connectivity index (χ4v) is 3.65. The molecule has 0 aliphatic carbocycles. The van der Waals surface area contributed by atoms with Crippen LogP contribution >= 0.6 is 0 Å². The average molecular weight is 688 g/mol. The minimum atomic E-state index is -0.694. The number of carbonyl (C=O) groups is 3. The summed E-state index contributed by atoms with van der Waals surface area (Å²) in [6, 6.07) is -0.694. The second-order valence-corrected chi connectivity index (χ2v) is 9.12. The standard InChI is InChI=1S/C11H14N4O4.C8H9N3O2.C5H10O2.CH2O3.2K.H/c1-6(10(17)19-4)15-5-12-8-7(15)9(16)14(3)11(18)13(8)2;1-10-6-5(3-4-9-6)7(12)11(2)8(10)13;1-4(2)5(6)7-3;2-1-4-3;;;/h5-6H,1-4H3;4H,3H2,1-2H3;4H,1-3H3;1,3H;;;/q;;;;2*+1;-1/p-1/t6-;;;;;;/m0....../s1. The van der Waals surface area contributed by atoms with Crippen molar-refractivity contribution in [3.05, 3.63) is 53.6 Å². The summed E-state index contributed by atoms with van der Waals surface area (Å²) in [7, 11) is 8.65. The Morgan fingerprint density at radius 3 is 1.82 bits per heavy atom. The van der Waals surface area contributed by atoms with Gasteiger partial charge in [-0.05, 0) is 6.92 Å². The van der Waals surface area contributed by atoms with E-state index in [1.807, 2.05) is 0 Å². The number of fused-ring (bicyclic) bond motifs is 2. The van der Waals surface area contributed by atoms with Crippen LogP contribution in [0.5, 0.6) is 0 Å². The number of nitrogens with zero attached hydrogens (tertiary/aromatic N) is 7. The van der Waals surface area contributed by atoms with Crippen LogP contribution in [-0.2, 0) is 63.4 Å². The Morgan fingerprint density at radius 2 is 1.38 bits per heavy atom. The third kappa shape index (κ3) is 11.1. The van der Waals surface area contributed by atoms with Crippen LogP contribution in [0.4, 0.5) is 5.82 Å². The fourth-order valence-electron chi connectivity index (χ4n) is 3.65. The van der Waals surface area contributed by atoms with Crippen molar-refractivity contribution in [3.8, 4) is 0 Å². The number of rotatable bonds is 4. The predicted molar refractivity (Wildman–Crippen MR) is 151 cm³/mol. The van der Waals surface area contributed by atoms with Gasteiger partial charge in [0, 0.05) is 40.8 Å². The maximum atomic E-state index is 12.1. The zero-order valence-corrected chi connectivity index (χ0v) is 33.5. The van der Waals surface area contributed by atoms with Gasteiger partial charge in [-0.3, -0.25) is 37.4 Å². The summed E-state index contributed by atoms with van der Waals surface area (Å²) < 4.78 is 15.2. The Morgan fingerprint density at radius 1 is 0.889 bits per heavy atom. The Balaban J connectivity index is -0.000000598. The SMILES string of the molecule is COC(=O)C(C)C.COC(=O)[C@H](C)n1cnc2c1c(=O)n(C)c(=O)n2C.Cn1c2c(c(=O)n(C)c1=O)CC=N2.O=CO[O-].[H-].[K+].[K+]. The van der Waals surface area contributed by atoms with E-state index in [-0.39, 0.29) is 145 Å². The number of hydrogen-bond acceptors (Lipinski definition) is 13. The molecular formula is C25H35K2N7O11. The number of imidazole rings is 1. The largest absolute Gasteiger partial charge is 1.00 e. The Kier molecular flexibility index (Phi) is 21.2. The Labute approximate surface area is 343 Å². The first-order valence-electron chi connectivity index (χ1n) is 12.4. The van der Waals surface area contributed by atoms with Crippen molar-refractivity contribution < 1.29 is 138 Å². The summed E-state index contributed by atoms with van der Waals surface area (Å²) in [6.07, 6.45) is 3.52. The number of aliphatic imine (C=N–C) groups is 1. The van der Waals surface area contributed by atoms with E-state index in [9.17, 15) is 28.8 Å². The van der Waals surface area contributed by atoms with Crippen LogP contribution in [0.1, 0.15) is 33.8 Å². The van der Waals surface area contributed by atoms with Gasteiger partial charge in [0.15, 0.2) is 11.2 Å². The van der Waals surface area contributed by atoms with E-state index in [0.29, 0.717) is 17.8 Å². The van der Waals surface area contributed by atoms with Crippen molar-refractivity contribution in [2.45, 2.75) is 33.2 Å². The molecule has 45 heavy (non-hydrogen) atoms. The molecule has 0 N–H and O–H groups in total. The van der Waals surface area contributed by atoms with Gasteiger partial charge in [-0.1, -0.05) is 13.8 Å². The number of hydrogen-bond donors (Lipinski definition) is 0. The van der Waals surface area contributed by atoms with E-state index in [2.05, 4.69) is 24.3 Å². The molecule has 0 amide bonds. The molecule has 4 heterocycles. The molecule has 1 aliphatic rings. The predicted octanol–water partition coefficient (Wildman–Crippen LogP) is -8.12. The normalized spacial score (nSPS) is 11.1. The first-order valence-corrected chi connectivity index (χ1v) is 12.4. The van der Waals surface area contributed by atoms with Gasteiger partial charge in [0.05, 0.1) is 32.0 Å². The first kappa shape index (κ1) is 45.3. The monoisotopic (exact) mass is 687 g/mol. The van der Waals surface area contributed by atoms with Crippen molar-refractivity contribution in [2.75, 3.05) is 14.2 Å². The number of esters is 2. The van der Waals surface area contributed by atoms with Gasteiger partial charge in [-0.25, -0.2) is 24.4 Å². The molecule has 0 saturated carbocycles. The van der Waals surface area contributed by atoms with Crippen molar-refractivity contribution in [3.63, 3.8) is 0 Å². The Bertz CT molecular complexity index is 1760. The van der Waals surface area contributed by atoms with Crippen LogP contribution in [0, 0.1) is 5.92 Å². The average Bonchev–Trinajstić information content (AvgIpc) is 3.69. The molecule has 0 bridgehead atoms. The molecule has 18 nitrogen and oxygen atoms in total. The second-order valence-electron chi connectivity index (χ2n) is 9.12. The van der Waals surface area contributed by atoms with Crippen LogP contribution in [0.25, 0.3) is 11.2 Å². The molecule has 1 aliphatic heterocycles. The van der Waals surface area contributed by atoms with E-state index >= 15 is 0 Å². The molecule has 0 saturated heterocycles. The summed E-state index contributed by atoms with van der Waals surface area (Å²) in [6.45, 7) is 5.01. The van der Waals surface area contributed by atoms with Gasteiger partial charge in [-0.2, -0.15) is 0 Å². The molecule has 0 radical (unpaired) electrons. The summed E-state index contributed by atoms with van der Waals surface area (Å²) in [5.74, 6) is -0.145. The number of methoxy groups -OCH3 is 2. The van der Waals surface area contributed by atoms with Gasteiger partial charge >= 0.3 is 126 Å². The maximum absolute atomic E-state index is 12.1. The summed E-state index contributed by atoms with van der Waals surface area (Å²) in [5.41, 5.74) is -0.492. The molecule has 238 valence electrons. The van der Waals surface area contributed by atoms with Crippen molar-refractivity contribution >= 4 is 41.6 Å². The van der Waals surface area contributed by atoms with Crippen molar-refractivity contribution in [2.24, 2.45) is 39.1 Å². The molecule has 0 aromatic carbocycles. The van der Waals surface area contributed by atoms with Crippen LogP contribution in [0.15, 0.2) is 30.5 Å². The fraction of sp³-hybridized carbons (Fsp3) is 0.480. The number of aryl methyl sites for hydroxylation is 1. The number of aromatic nitrogens is 6. The second kappa shape index (κ2) is 21.1. The van der Waals surface area contributed by atoms with Crippen molar-refractivity contribution in [1.29, 1.82) is 0 Å². The molecule has 0 fully saturated rings. The van der Waals surface area contributed by atoms with Gasteiger partial charge in [0.1, 0.15) is 11.9 Å². The third-order valence-corrected chi connectivity index (χ3v) is 6.08. The quantitative estimate of drug-likeness (QED) is 0.0821. The van der Waals surface area contributed by atoms with Gasteiger partial charge < -0.3 is 25.6 Å². The summed E-state index contributed by atoms with van der Waals surface area (Å²) in [4.78, 5) is 87.9. The smallest absolute Gasteiger partial charge is 1.00 e. The van der Waals surface area contributed by atoms with E-state index in [1.165, 1.54) is 55.4 Å². The van der Waals surface area contributed by atoms with Crippen molar-refractivity contribution in [1.82, 2.24) is 27.8 Å². The zero-order chi connectivity index (χ0) is 33.2. The van der Waals surface area contributed by atoms with E-state index in [1.54, 1.807) is 34.0 Å². The topological polar surface area (TPSA) is 220 Å². The minimum Gasteiger partial charge on any atom is -1.00 e. The zero-order valence-electron chi connectivity index (χ0n) is 28.2. The molecule has 0 spiro atoms. The maximum Gasteiger partial charge on any atom is 1.00 e. The molecule has 1 atom stereocenters. The summed E-state index contributed by atoms with van der Waals surface area (Å²) in [5, 5.41) is 8.43. The van der Waals surface area contributed by atoms with Gasteiger partial charge in [0.2, 0.25) is 0 Å². The van der Waals surface area contributed by atoms with Crippen LogP contribution in [0.2, 0.25) is 0 Å². The third-order valence-electron chi connectivity index (χ3n) is 6.08.